The molecule has 0 fully saturated rings. The molecule has 0 spiro atoms. The van der Waals surface area contributed by atoms with Crippen molar-refractivity contribution in [3.8, 4) is 22.3 Å². The lowest BCUT2D eigenvalue weighted by Gasteiger charge is -2.19. The largest absolute Gasteiger partial charge is 0.0988 e. The van der Waals surface area contributed by atoms with Crippen LogP contribution in [0.2, 0.25) is 0 Å². The lowest BCUT2D eigenvalue weighted by Crippen LogP contribution is -1.94. The second-order valence-corrected chi connectivity index (χ2v) is 10.0. The molecule has 6 aromatic rings. The first-order valence-electron chi connectivity index (χ1n) is 13.4. The van der Waals surface area contributed by atoms with Gasteiger partial charge in [-0.2, -0.15) is 0 Å². The molecular formula is C38H28. The maximum absolute atomic E-state index is 4.09. The summed E-state index contributed by atoms with van der Waals surface area (Å²) in [6, 6.07) is 42.2. The van der Waals surface area contributed by atoms with Crippen molar-refractivity contribution in [2.75, 3.05) is 0 Å². The summed E-state index contributed by atoms with van der Waals surface area (Å²) < 4.78 is 0. The van der Waals surface area contributed by atoms with E-state index in [4.69, 9.17) is 0 Å². The van der Waals surface area contributed by atoms with Gasteiger partial charge in [-0.25, -0.2) is 0 Å². The van der Waals surface area contributed by atoms with Gasteiger partial charge >= 0.3 is 0 Å². The Bertz CT molecular complexity index is 1870. The number of hydrogen-bond donors (Lipinski definition) is 0. The molecule has 0 aromatic heterocycles. The van der Waals surface area contributed by atoms with Gasteiger partial charge in [-0.15, -0.1) is 0 Å². The number of allylic oxidation sites excluding steroid dienone is 5. The van der Waals surface area contributed by atoms with Crippen LogP contribution in [0.15, 0.2) is 146 Å². The molecule has 0 heteroatoms. The maximum atomic E-state index is 4.09. The first-order chi connectivity index (χ1) is 18.8. The van der Waals surface area contributed by atoms with Gasteiger partial charge in [-0.1, -0.05) is 134 Å². The van der Waals surface area contributed by atoms with Gasteiger partial charge in [0.1, 0.15) is 0 Å². The quantitative estimate of drug-likeness (QED) is 0.218. The number of rotatable bonds is 4. The molecular weight excluding hydrogens is 456 g/mol. The summed E-state index contributed by atoms with van der Waals surface area (Å²) in [6.45, 7) is 4.09. The summed E-state index contributed by atoms with van der Waals surface area (Å²) >= 11 is 0. The molecule has 0 unspecified atom stereocenters. The van der Waals surface area contributed by atoms with E-state index in [-0.39, 0.29) is 0 Å². The fraction of sp³-hybridized carbons (Fsp3) is 0.0526. The minimum absolute atomic E-state index is 1.05. The zero-order valence-corrected chi connectivity index (χ0v) is 21.3. The highest BCUT2D eigenvalue weighted by atomic mass is 14.2. The summed E-state index contributed by atoms with van der Waals surface area (Å²) in [6.07, 6.45) is 8.69. The minimum Gasteiger partial charge on any atom is -0.0988 e. The molecule has 0 bridgehead atoms. The van der Waals surface area contributed by atoms with Gasteiger partial charge < -0.3 is 0 Å². The molecule has 0 saturated heterocycles. The molecule has 0 heterocycles. The highest BCUT2D eigenvalue weighted by Crippen LogP contribution is 2.45. The van der Waals surface area contributed by atoms with E-state index in [0.717, 1.165) is 12.8 Å². The fourth-order valence-corrected chi connectivity index (χ4v) is 6.19. The molecule has 0 N–H and O–H groups in total. The van der Waals surface area contributed by atoms with Gasteiger partial charge in [-0.05, 0) is 90.2 Å². The van der Waals surface area contributed by atoms with Gasteiger partial charge in [0.05, 0.1) is 0 Å². The molecule has 0 aliphatic heterocycles. The average molecular weight is 485 g/mol. The topological polar surface area (TPSA) is 0 Å². The van der Waals surface area contributed by atoms with Crippen molar-refractivity contribution in [1.29, 1.82) is 0 Å². The first-order valence-corrected chi connectivity index (χ1v) is 13.4. The highest BCUT2D eigenvalue weighted by Gasteiger charge is 2.18. The van der Waals surface area contributed by atoms with Crippen molar-refractivity contribution in [3.05, 3.63) is 151 Å². The lowest BCUT2D eigenvalue weighted by atomic mass is 9.84. The Morgan fingerprint density at radius 2 is 1.13 bits per heavy atom. The summed E-state index contributed by atoms with van der Waals surface area (Å²) in [4.78, 5) is 0. The van der Waals surface area contributed by atoms with Gasteiger partial charge in [0.15, 0.2) is 0 Å². The van der Waals surface area contributed by atoms with Gasteiger partial charge in [0.25, 0.3) is 0 Å². The van der Waals surface area contributed by atoms with Crippen LogP contribution in [0.1, 0.15) is 18.4 Å². The van der Waals surface area contributed by atoms with Crippen LogP contribution in [0.4, 0.5) is 0 Å². The van der Waals surface area contributed by atoms with Crippen molar-refractivity contribution in [2.45, 2.75) is 12.8 Å². The van der Waals surface area contributed by atoms with Crippen LogP contribution in [0, 0.1) is 0 Å². The van der Waals surface area contributed by atoms with E-state index >= 15 is 0 Å². The summed E-state index contributed by atoms with van der Waals surface area (Å²) in [7, 11) is 0. The van der Waals surface area contributed by atoms with E-state index < -0.39 is 0 Å². The fourth-order valence-electron chi connectivity index (χ4n) is 6.19. The Balaban J connectivity index is 1.57. The van der Waals surface area contributed by atoms with Crippen molar-refractivity contribution < 1.29 is 0 Å². The SMILES string of the molecule is C=CC1=C(c2cccc(-c3c4ccccc4c(-c4cccc5ccccc45)c4ccccc34)c2)C=CCC1. The van der Waals surface area contributed by atoms with Crippen LogP contribution in [-0.2, 0) is 0 Å². The Kier molecular flexibility index (Phi) is 5.52. The van der Waals surface area contributed by atoms with E-state index in [1.165, 1.54) is 71.3 Å². The predicted molar refractivity (Wildman–Crippen MR) is 165 cm³/mol. The second kappa shape index (κ2) is 9.32. The molecule has 180 valence electrons. The van der Waals surface area contributed by atoms with E-state index in [1.807, 2.05) is 6.08 Å². The molecule has 0 atom stereocenters. The van der Waals surface area contributed by atoms with E-state index in [2.05, 4.69) is 134 Å². The lowest BCUT2D eigenvalue weighted by molar-refractivity contribution is 0.997. The van der Waals surface area contributed by atoms with Crippen LogP contribution in [0.25, 0.3) is 60.1 Å². The van der Waals surface area contributed by atoms with Crippen molar-refractivity contribution in [1.82, 2.24) is 0 Å². The summed E-state index contributed by atoms with van der Waals surface area (Å²) in [5.74, 6) is 0. The monoisotopic (exact) mass is 484 g/mol. The van der Waals surface area contributed by atoms with Crippen LogP contribution in [0.3, 0.4) is 0 Å². The normalized spacial score (nSPS) is 13.5. The van der Waals surface area contributed by atoms with Gasteiger partial charge in [0, 0.05) is 0 Å². The smallest absolute Gasteiger partial charge is 0.00201 e. The third-order valence-electron chi connectivity index (χ3n) is 7.91. The average Bonchev–Trinajstić information content (AvgIpc) is 2.99. The van der Waals surface area contributed by atoms with Crippen LogP contribution < -0.4 is 0 Å². The molecule has 1 aliphatic rings. The van der Waals surface area contributed by atoms with E-state index in [0.29, 0.717) is 0 Å². The van der Waals surface area contributed by atoms with Crippen LogP contribution in [-0.4, -0.2) is 0 Å². The molecule has 6 aromatic carbocycles. The third kappa shape index (κ3) is 3.61. The Hall–Kier alpha value is -4.68. The zero-order valence-electron chi connectivity index (χ0n) is 21.3. The van der Waals surface area contributed by atoms with Crippen LogP contribution >= 0.6 is 0 Å². The predicted octanol–water partition coefficient (Wildman–Crippen LogP) is 10.8. The number of benzene rings is 6. The molecule has 7 rings (SSSR count). The standard InChI is InChI=1S/C38H28/c1-2-26-13-3-5-18-30(26)28-16-11-17-29(25-28)37-33-20-7-9-22-35(33)38(36-23-10-8-21-34(36)37)32-24-12-15-27-14-4-6-19-31(27)32/h2,4-12,14-25H,1,3,13H2. The molecule has 38 heavy (non-hydrogen) atoms. The zero-order chi connectivity index (χ0) is 25.5. The van der Waals surface area contributed by atoms with Crippen LogP contribution in [0.5, 0.6) is 0 Å². The minimum atomic E-state index is 1.05. The third-order valence-corrected chi connectivity index (χ3v) is 7.91. The molecule has 0 amide bonds. The molecule has 1 aliphatic carbocycles. The van der Waals surface area contributed by atoms with Gasteiger partial charge in [-0.3, -0.25) is 0 Å². The Morgan fingerprint density at radius 1 is 0.553 bits per heavy atom. The second-order valence-electron chi connectivity index (χ2n) is 10.0. The Labute approximate surface area is 223 Å². The maximum Gasteiger partial charge on any atom is -0.00201 e. The highest BCUT2D eigenvalue weighted by molar-refractivity contribution is 6.23. The van der Waals surface area contributed by atoms with Crippen molar-refractivity contribution in [3.63, 3.8) is 0 Å². The molecule has 0 nitrogen and oxygen atoms in total. The van der Waals surface area contributed by atoms with E-state index in [9.17, 15) is 0 Å². The summed E-state index contributed by atoms with van der Waals surface area (Å²) in [5, 5.41) is 7.68. The number of fused-ring (bicyclic) bond motifs is 3. The number of hydrogen-bond acceptors (Lipinski definition) is 0. The van der Waals surface area contributed by atoms with E-state index in [1.54, 1.807) is 0 Å². The van der Waals surface area contributed by atoms with Crippen molar-refractivity contribution >= 4 is 37.9 Å². The van der Waals surface area contributed by atoms with Gasteiger partial charge in [0.2, 0.25) is 0 Å². The summed E-state index contributed by atoms with van der Waals surface area (Å²) in [5.41, 5.74) is 8.99. The first kappa shape index (κ1) is 22.5. The van der Waals surface area contributed by atoms with Crippen molar-refractivity contribution in [2.24, 2.45) is 0 Å². The molecule has 0 radical (unpaired) electrons. The molecule has 0 saturated carbocycles. The Morgan fingerprint density at radius 3 is 1.84 bits per heavy atom.